The molecule has 1 aromatic rings. The Morgan fingerprint density at radius 2 is 2.04 bits per heavy atom. The molecule has 0 saturated heterocycles. The largest absolute Gasteiger partial charge is 0.487 e. The van der Waals surface area contributed by atoms with Crippen molar-refractivity contribution < 1.29 is 19.1 Å². The van der Waals surface area contributed by atoms with E-state index in [9.17, 15) is 14.9 Å². The minimum atomic E-state index is -0.594. The van der Waals surface area contributed by atoms with Crippen molar-refractivity contribution in [1.82, 2.24) is 5.32 Å². The van der Waals surface area contributed by atoms with Crippen molar-refractivity contribution in [3.8, 4) is 11.8 Å². The van der Waals surface area contributed by atoms with E-state index in [1.165, 1.54) is 13.0 Å². The monoisotopic (exact) mass is 478 g/mol. The number of benzene rings is 1. The summed E-state index contributed by atoms with van der Waals surface area (Å²) in [6.07, 6.45) is -1.01. The fourth-order valence-electron chi connectivity index (χ4n) is 1.86. The van der Waals surface area contributed by atoms with Gasteiger partial charge in [-0.15, -0.1) is 0 Å². The molecule has 1 rings (SSSR count). The van der Waals surface area contributed by atoms with Crippen molar-refractivity contribution in [3.05, 3.63) is 25.8 Å². The molecular weight excluding hydrogens is 459 g/mol. The van der Waals surface area contributed by atoms with Crippen LogP contribution in [0.3, 0.4) is 0 Å². The van der Waals surface area contributed by atoms with Gasteiger partial charge in [0.25, 0.3) is 0 Å². The van der Waals surface area contributed by atoms with Crippen LogP contribution >= 0.6 is 34.2 Å². The molecule has 1 aromatic carbocycles. The summed E-state index contributed by atoms with van der Waals surface area (Å²) in [6, 6.07) is 3.42. The zero-order valence-corrected chi connectivity index (χ0v) is 17.6. The first-order chi connectivity index (χ1) is 11.5. The highest BCUT2D eigenvalue weighted by Crippen LogP contribution is 2.34. The number of ether oxygens (including phenoxy) is 2. The summed E-state index contributed by atoms with van der Waals surface area (Å²) in [7, 11) is 0. The molecule has 0 radical (unpaired) electrons. The van der Waals surface area contributed by atoms with E-state index in [4.69, 9.17) is 21.1 Å². The summed E-state index contributed by atoms with van der Waals surface area (Å²) >= 11 is 7.97. The summed E-state index contributed by atoms with van der Waals surface area (Å²) in [5.74, 6) is 0.0548. The van der Waals surface area contributed by atoms with Crippen LogP contribution in [-0.2, 0) is 4.74 Å². The molecule has 0 spiro atoms. The van der Waals surface area contributed by atoms with Crippen LogP contribution in [0.15, 0.2) is 6.07 Å². The van der Waals surface area contributed by atoms with Crippen molar-refractivity contribution in [1.29, 1.82) is 5.26 Å². The third-order valence-electron chi connectivity index (χ3n) is 2.92. The molecule has 6 nitrogen and oxygen atoms in total. The molecular formula is C17H20ClIN2O4. The summed E-state index contributed by atoms with van der Waals surface area (Å²) in [6.45, 7) is 8.61. The number of alkyl carbamates (subject to hydrolysis) is 1. The molecule has 0 heterocycles. The molecule has 0 saturated carbocycles. The van der Waals surface area contributed by atoms with Crippen molar-refractivity contribution in [2.24, 2.45) is 0 Å². The highest BCUT2D eigenvalue weighted by atomic mass is 127. The van der Waals surface area contributed by atoms with Crippen LogP contribution in [0.2, 0.25) is 5.02 Å². The molecule has 0 bridgehead atoms. The third kappa shape index (κ3) is 6.36. The van der Waals surface area contributed by atoms with Crippen LogP contribution in [0.1, 0.15) is 50.5 Å². The maximum absolute atomic E-state index is 11.9. The maximum atomic E-state index is 11.9. The Morgan fingerprint density at radius 3 is 2.52 bits per heavy atom. The molecule has 0 aromatic heterocycles. The topological polar surface area (TPSA) is 88.4 Å². The highest BCUT2D eigenvalue weighted by molar-refractivity contribution is 14.1. The Morgan fingerprint density at radius 1 is 1.44 bits per heavy atom. The second kappa shape index (κ2) is 8.72. The Bertz CT molecular complexity index is 723. The van der Waals surface area contributed by atoms with Gasteiger partial charge in [0.2, 0.25) is 0 Å². The maximum Gasteiger partial charge on any atom is 0.407 e. The predicted molar refractivity (Wildman–Crippen MR) is 103 cm³/mol. The van der Waals surface area contributed by atoms with E-state index in [0.717, 1.165) is 0 Å². The number of nitriles is 1. The van der Waals surface area contributed by atoms with Gasteiger partial charge in [-0.1, -0.05) is 11.6 Å². The Hall–Kier alpha value is -1.53. The second-order valence-electron chi connectivity index (χ2n) is 6.40. The van der Waals surface area contributed by atoms with Crippen LogP contribution in [0.25, 0.3) is 0 Å². The van der Waals surface area contributed by atoms with E-state index >= 15 is 0 Å². The average Bonchev–Trinajstić information content (AvgIpc) is 2.46. The van der Waals surface area contributed by atoms with E-state index in [-0.39, 0.29) is 34.2 Å². The third-order valence-corrected chi connectivity index (χ3v) is 4.24. The summed E-state index contributed by atoms with van der Waals surface area (Å²) in [4.78, 5) is 23.6. The summed E-state index contributed by atoms with van der Waals surface area (Å²) in [5, 5.41) is 12.0. The molecule has 136 valence electrons. The Balaban J connectivity index is 2.93. The molecule has 1 atom stereocenters. The van der Waals surface area contributed by atoms with Gasteiger partial charge in [0, 0.05) is 0 Å². The smallest absolute Gasteiger partial charge is 0.407 e. The molecule has 8 heteroatoms. The van der Waals surface area contributed by atoms with E-state index in [1.54, 1.807) is 27.7 Å². The van der Waals surface area contributed by atoms with Crippen molar-refractivity contribution in [2.45, 2.75) is 46.3 Å². The number of hydrogen-bond acceptors (Lipinski definition) is 5. The number of Topliss-reactive ketones (excluding diaryl/α,β-unsaturated/α-hetero) is 1. The van der Waals surface area contributed by atoms with Gasteiger partial charge in [-0.05, 0) is 63.3 Å². The zero-order valence-electron chi connectivity index (χ0n) is 14.7. The van der Waals surface area contributed by atoms with Gasteiger partial charge < -0.3 is 14.8 Å². The van der Waals surface area contributed by atoms with E-state index < -0.39 is 17.8 Å². The molecule has 0 fully saturated rings. The first-order valence-corrected chi connectivity index (χ1v) is 8.98. The quantitative estimate of drug-likeness (QED) is 0.503. The van der Waals surface area contributed by atoms with E-state index in [1.807, 2.05) is 28.7 Å². The lowest BCUT2D eigenvalue weighted by Crippen LogP contribution is -2.37. The first-order valence-electron chi connectivity index (χ1n) is 7.52. The number of halogens is 2. The lowest BCUT2D eigenvalue weighted by molar-refractivity contribution is 0.0504. The minimum Gasteiger partial charge on any atom is -0.487 e. The predicted octanol–water partition coefficient (Wildman–Crippen LogP) is 4.31. The lowest BCUT2D eigenvalue weighted by Gasteiger charge is -2.22. The highest BCUT2D eigenvalue weighted by Gasteiger charge is 2.22. The Labute approximate surface area is 166 Å². The van der Waals surface area contributed by atoms with Crippen LogP contribution in [0.4, 0.5) is 4.79 Å². The number of hydrogen-bond donors (Lipinski definition) is 1. The number of nitrogens with zero attached hydrogens (tertiary/aromatic N) is 1. The average molecular weight is 479 g/mol. The molecule has 1 unspecified atom stereocenters. The van der Waals surface area contributed by atoms with E-state index in [2.05, 4.69) is 5.32 Å². The van der Waals surface area contributed by atoms with Gasteiger partial charge in [-0.3, -0.25) is 4.79 Å². The fraction of sp³-hybridized carbons (Fsp3) is 0.471. The molecule has 0 aliphatic carbocycles. The van der Waals surface area contributed by atoms with E-state index in [0.29, 0.717) is 3.57 Å². The molecule has 25 heavy (non-hydrogen) atoms. The molecule has 0 aliphatic rings. The van der Waals surface area contributed by atoms with Gasteiger partial charge in [-0.25, -0.2) is 4.79 Å². The van der Waals surface area contributed by atoms with Crippen molar-refractivity contribution in [3.63, 3.8) is 0 Å². The van der Waals surface area contributed by atoms with Gasteiger partial charge in [-0.2, -0.15) is 5.26 Å². The summed E-state index contributed by atoms with van der Waals surface area (Å²) < 4.78 is 11.4. The van der Waals surface area contributed by atoms with Crippen molar-refractivity contribution >= 4 is 46.1 Å². The van der Waals surface area contributed by atoms with Crippen LogP contribution in [-0.4, -0.2) is 30.1 Å². The normalized spacial score (nSPS) is 12.1. The molecule has 1 amide bonds. The standard InChI is InChI=1S/C17H20ClIN2O4/c1-9(8-21-16(23)25-17(3,4)5)24-15-11(10(2)22)6-13(18)12(7-20)14(15)19/h6,9H,8H2,1-5H3,(H,21,23). The first kappa shape index (κ1) is 21.5. The van der Waals surface area contributed by atoms with Crippen molar-refractivity contribution in [2.75, 3.05) is 6.54 Å². The molecule has 1 N–H and O–H groups in total. The SMILES string of the molecule is CC(=O)c1cc(Cl)c(C#N)c(I)c1OC(C)CNC(=O)OC(C)(C)C. The van der Waals surface area contributed by atoms with Crippen LogP contribution in [0, 0.1) is 14.9 Å². The number of rotatable bonds is 5. The van der Waals surface area contributed by atoms with Crippen LogP contribution in [0.5, 0.6) is 5.75 Å². The number of carbonyl (C=O) groups is 2. The molecule has 0 aliphatic heterocycles. The van der Waals surface area contributed by atoms with Gasteiger partial charge in [0.15, 0.2) is 5.78 Å². The van der Waals surface area contributed by atoms with Gasteiger partial charge in [0.1, 0.15) is 23.5 Å². The minimum absolute atomic E-state index is 0.173. The number of nitrogens with one attached hydrogen (secondary N) is 1. The number of ketones is 1. The second-order valence-corrected chi connectivity index (χ2v) is 7.89. The summed E-state index contributed by atoms with van der Waals surface area (Å²) in [5.41, 5.74) is -0.0597. The lowest BCUT2D eigenvalue weighted by atomic mass is 10.1. The van der Waals surface area contributed by atoms with Gasteiger partial charge >= 0.3 is 6.09 Å². The zero-order chi connectivity index (χ0) is 19.4. The fourth-order valence-corrected chi connectivity index (χ4v) is 3.10. The number of carbonyl (C=O) groups excluding carboxylic acids is 2. The Kier molecular flexibility index (Phi) is 7.50. The van der Waals surface area contributed by atoms with Gasteiger partial charge in [0.05, 0.1) is 26.3 Å². The van der Waals surface area contributed by atoms with Crippen LogP contribution < -0.4 is 10.1 Å². The number of amides is 1.